The van der Waals surface area contributed by atoms with Crippen LogP contribution >= 0.6 is 15.9 Å². The van der Waals surface area contributed by atoms with Crippen LogP contribution in [-0.2, 0) is 6.42 Å². The maximum atomic E-state index is 5.50. The van der Waals surface area contributed by atoms with E-state index < -0.39 is 0 Å². The number of aromatic nitrogens is 2. The van der Waals surface area contributed by atoms with Gasteiger partial charge in [-0.15, -0.1) is 0 Å². The molecule has 2 heterocycles. The summed E-state index contributed by atoms with van der Waals surface area (Å²) in [6, 6.07) is 10.2. The molecule has 0 atom stereocenters. The van der Waals surface area contributed by atoms with Gasteiger partial charge in [0, 0.05) is 22.5 Å². The Hall–Kier alpha value is -2.34. The number of halogens is 1. The molecule has 1 aliphatic rings. The van der Waals surface area contributed by atoms with Gasteiger partial charge in [0.15, 0.2) is 11.5 Å². The highest BCUT2D eigenvalue weighted by Gasteiger charge is 2.23. The summed E-state index contributed by atoms with van der Waals surface area (Å²) in [4.78, 5) is 11.4. The molecule has 0 aliphatic carbocycles. The number of hydrogen-bond donors (Lipinski definition) is 0. The van der Waals surface area contributed by atoms with Crippen molar-refractivity contribution in [3.05, 3.63) is 46.7 Å². The van der Waals surface area contributed by atoms with Crippen molar-refractivity contribution >= 4 is 38.3 Å². The summed E-state index contributed by atoms with van der Waals surface area (Å²) in [5.74, 6) is 2.24. The third-order valence-electron chi connectivity index (χ3n) is 4.79. The molecule has 1 aliphatic heterocycles. The number of benzene rings is 2. The number of anilines is 2. The molecule has 0 saturated carbocycles. The van der Waals surface area contributed by atoms with Crippen LogP contribution in [0.3, 0.4) is 0 Å². The number of ether oxygens (including phenoxy) is 2. The molecule has 2 aromatic carbocycles. The van der Waals surface area contributed by atoms with Crippen LogP contribution in [0, 0.1) is 0 Å². The summed E-state index contributed by atoms with van der Waals surface area (Å²) in [5.41, 5.74) is 3.37. The van der Waals surface area contributed by atoms with Crippen molar-refractivity contribution in [2.75, 3.05) is 25.7 Å². The largest absolute Gasteiger partial charge is 0.493 e. The lowest BCUT2D eigenvalue weighted by molar-refractivity contribution is 0.356. The van der Waals surface area contributed by atoms with Crippen molar-refractivity contribution in [3.63, 3.8) is 0 Å². The van der Waals surface area contributed by atoms with E-state index >= 15 is 0 Å². The van der Waals surface area contributed by atoms with Gasteiger partial charge in [-0.3, -0.25) is 0 Å². The van der Waals surface area contributed by atoms with E-state index in [1.165, 1.54) is 17.7 Å². The number of para-hydroxylation sites is 1. The van der Waals surface area contributed by atoms with E-state index in [1.807, 2.05) is 12.1 Å². The second kappa shape index (κ2) is 7.11. The summed E-state index contributed by atoms with van der Waals surface area (Å²) in [6.45, 7) is 0.913. The van der Waals surface area contributed by atoms with Crippen LogP contribution in [0.4, 0.5) is 11.5 Å². The first kappa shape index (κ1) is 17.1. The fraction of sp³-hybridized carbons (Fsp3) is 0.300. The van der Waals surface area contributed by atoms with Gasteiger partial charge in [-0.1, -0.05) is 12.1 Å². The molecule has 0 amide bonds. The molecule has 0 N–H and O–H groups in total. The van der Waals surface area contributed by atoms with Gasteiger partial charge in [0.1, 0.15) is 12.1 Å². The van der Waals surface area contributed by atoms with E-state index in [4.69, 9.17) is 9.47 Å². The van der Waals surface area contributed by atoms with Crippen molar-refractivity contribution in [2.24, 2.45) is 0 Å². The minimum Gasteiger partial charge on any atom is -0.493 e. The van der Waals surface area contributed by atoms with Crippen molar-refractivity contribution < 1.29 is 9.47 Å². The average molecular weight is 414 g/mol. The van der Waals surface area contributed by atoms with E-state index in [9.17, 15) is 0 Å². The smallest absolute Gasteiger partial charge is 0.162 e. The number of hydrogen-bond acceptors (Lipinski definition) is 5. The van der Waals surface area contributed by atoms with Gasteiger partial charge in [-0.05, 0) is 52.9 Å². The van der Waals surface area contributed by atoms with Gasteiger partial charge in [0.05, 0.1) is 25.4 Å². The molecule has 0 spiro atoms. The minimum absolute atomic E-state index is 0.669. The summed E-state index contributed by atoms with van der Waals surface area (Å²) >= 11 is 3.74. The number of methoxy groups -OCH3 is 2. The van der Waals surface area contributed by atoms with Crippen LogP contribution in [0.15, 0.2) is 41.1 Å². The lowest BCUT2D eigenvalue weighted by Crippen LogP contribution is -2.20. The number of nitrogens with zero attached hydrogens (tertiary/aromatic N) is 3. The zero-order valence-electron chi connectivity index (χ0n) is 14.8. The number of fused-ring (bicyclic) bond motifs is 2. The predicted octanol–water partition coefficient (Wildman–Crippen LogP) is 4.88. The molecule has 0 unspecified atom stereocenters. The van der Waals surface area contributed by atoms with E-state index in [0.29, 0.717) is 11.5 Å². The van der Waals surface area contributed by atoms with E-state index in [2.05, 4.69) is 49.0 Å². The predicted molar refractivity (Wildman–Crippen MR) is 107 cm³/mol. The van der Waals surface area contributed by atoms with Crippen LogP contribution in [0.5, 0.6) is 11.5 Å². The van der Waals surface area contributed by atoms with Crippen LogP contribution < -0.4 is 14.4 Å². The van der Waals surface area contributed by atoms with Gasteiger partial charge < -0.3 is 14.4 Å². The Kier molecular flexibility index (Phi) is 4.68. The highest BCUT2D eigenvalue weighted by molar-refractivity contribution is 9.10. The zero-order valence-corrected chi connectivity index (χ0v) is 16.4. The molecule has 6 heteroatoms. The maximum absolute atomic E-state index is 5.50. The number of aryl methyl sites for hydroxylation is 1. The molecular weight excluding hydrogens is 394 g/mol. The highest BCUT2D eigenvalue weighted by Crippen LogP contribution is 2.41. The lowest BCUT2D eigenvalue weighted by atomic mass is 10.1. The Labute approximate surface area is 161 Å². The Morgan fingerprint density at radius 3 is 2.65 bits per heavy atom. The quantitative estimate of drug-likeness (QED) is 0.611. The molecule has 5 nitrogen and oxygen atoms in total. The van der Waals surface area contributed by atoms with E-state index in [-0.39, 0.29) is 0 Å². The molecule has 0 saturated heterocycles. The Morgan fingerprint density at radius 2 is 1.85 bits per heavy atom. The van der Waals surface area contributed by atoms with Crippen LogP contribution in [-0.4, -0.2) is 30.7 Å². The van der Waals surface area contributed by atoms with Gasteiger partial charge in [0.25, 0.3) is 0 Å². The minimum atomic E-state index is 0.669. The Bertz CT molecular complexity index is 961. The molecule has 0 radical (unpaired) electrons. The summed E-state index contributed by atoms with van der Waals surface area (Å²) < 4.78 is 12.0. The fourth-order valence-corrected chi connectivity index (χ4v) is 4.18. The average Bonchev–Trinajstić information content (AvgIpc) is 2.89. The first-order valence-corrected chi connectivity index (χ1v) is 9.44. The molecule has 26 heavy (non-hydrogen) atoms. The zero-order chi connectivity index (χ0) is 18.1. The van der Waals surface area contributed by atoms with Crippen molar-refractivity contribution in [1.29, 1.82) is 0 Å². The summed E-state index contributed by atoms with van der Waals surface area (Å²) in [5, 5.41) is 0.953. The van der Waals surface area contributed by atoms with E-state index in [0.717, 1.165) is 40.6 Å². The molecular formula is C20H20BrN3O2. The van der Waals surface area contributed by atoms with Crippen LogP contribution in [0.1, 0.15) is 18.4 Å². The molecule has 4 rings (SSSR count). The fourth-order valence-electron chi connectivity index (χ4n) is 3.56. The first-order valence-electron chi connectivity index (χ1n) is 8.64. The monoisotopic (exact) mass is 413 g/mol. The highest BCUT2D eigenvalue weighted by atomic mass is 79.9. The molecule has 134 valence electrons. The van der Waals surface area contributed by atoms with Crippen molar-refractivity contribution in [2.45, 2.75) is 19.3 Å². The number of rotatable bonds is 3. The van der Waals surface area contributed by atoms with Crippen molar-refractivity contribution in [3.8, 4) is 11.5 Å². The van der Waals surface area contributed by atoms with Gasteiger partial charge in [-0.25, -0.2) is 9.97 Å². The van der Waals surface area contributed by atoms with Gasteiger partial charge in [-0.2, -0.15) is 0 Å². The normalized spacial score (nSPS) is 14.0. The maximum Gasteiger partial charge on any atom is 0.162 e. The van der Waals surface area contributed by atoms with Gasteiger partial charge in [0.2, 0.25) is 0 Å². The van der Waals surface area contributed by atoms with Gasteiger partial charge >= 0.3 is 0 Å². The Morgan fingerprint density at radius 1 is 1.04 bits per heavy atom. The first-order chi connectivity index (χ1) is 12.7. The van der Waals surface area contributed by atoms with Crippen LogP contribution in [0.25, 0.3) is 10.9 Å². The van der Waals surface area contributed by atoms with Crippen molar-refractivity contribution in [1.82, 2.24) is 9.97 Å². The van der Waals surface area contributed by atoms with E-state index in [1.54, 1.807) is 20.5 Å². The standard InChI is InChI=1S/C20H20BrN3O2/c1-25-17-10-14-16(11-18(17)26-2)22-12-23-20(14)24-9-4-3-6-13-7-5-8-15(21)19(13)24/h5,7-8,10-12H,3-4,6,9H2,1-2H3. The molecule has 1 aromatic heterocycles. The molecule has 0 fully saturated rings. The summed E-state index contributed by atoms with van der Waals surface area (Å²) in [7, 11) is 3.28. The second-order valence-electron chi connectivity index (χ2n) is 6.28. The molecule has 0 bridgehead atoms. The molecule has 3 aromatic rings. The Balaban J connectivity index is 1.95. The SMILES string of the molecule is COc1cc2ncnc(N3CCCCc4cccc(Br)c43)c2cc1OC. The lowest BCUT2D eigenvalue weighted by Gasteiger charge is -2.26. The third kappa shape index (κ3) is 2.88. The topological polar surface area (TPSA) is 47.5 Å². The summed E-state index contributed by atoms with van der Waals surface area (Å²) in [6.07, 6.45) is 4.97. The van der Waals surface area contributed by atoms with Crippen LogP contribution in [0.2, 0.25) is 0 Å². The second-order valence-corrected chi connectivity index (χ2v) is 7.13. The third-order valence-corrected chi connectivity index (χ3v) is 5.43.